The first-order valence-corrected chi connectivity index (χ1v) is 5.04. The molecule has 5 heteroatoms. The third-order valence-corrected chi connectivity index (χ3v) is 2.18. The molecule has 0 spiro atoms. The van der Waals surface area contributed by atoms with Gasteiger partial charge in [0.1, 0.15) is 17.4 Å². The Balaban J connectivity index is 2.83. The highest BCUT2D eigenvalue weighted by Gasteiger charge is 2.08. The van der Waals surface area contributed by atoms with Crippen molar-refractivity contribution in [2.24, 2.45) is 0 Å². The van der Waals surface area contributed by atoms with E-state index in [4.69, 9.17) is 34.4 Å². The van der Waals surface area contributed by atoms with Crippen molar-refractivity contribution >= 4 is 29.0 Å². The van der Waals surface area contributed by atoms with Crippen molar-refractivity contribution in [1.29, 1.82) is 0 Å². The smallest absolute Gasteiger partial charge is 0.234 e. The number of nitrogens with zero attached hydrogens (tertiary/aromatic N) is 1. The predicted molar refractivity (Wildman–Crippen MR) is 62.7 cm³/mol. The molecule has 80 valence electrons. The molecule has 0 unspecified atom stereocenters. The van der Waals surface area contributed by atoms with E-state index in [-0.39, 0.29) is 0 Å². The molecule has 0 fully saturated rings. The Morgan fingerprint density at radius 2 is 2.27 bits per heavy atom. The second-order valence-corrected chi connectivity index (χ2v) is 3.47. The summed E-state index contributed by atoms with van der Waals surface area (Å²) in [7, 11) is 1.72. The van der Waals surface area contributed by atoms with Gasteiger partial charge in [-0.25, -0.2) is 0 Å². The van der Waals surface area contributed by atoms with Gasteiger partial charge in [0, 0.05) is 13.5 Å². The van der Waals surface area contributed by atoms with Gasteiger partial charge in [-0.3, -0.25) is 0 Å². The molecule has 1 heterocycles. The zero-order valence-electron chi connectivity index (χ0n) is 8.18. The summed E-state index contributed by atoms with van der Waals surface area (Å²) in [4.78, 5) is 4.10. The fraction of sp³-hybridized carbons (Fsp3) is 0.300. The van der Waals surface area contributed by atoms with E-state index >= 15 is 0 Å². The monoisotopic (exact) mass is 244 g/mol. The van der Waals surface area contributed by atoms with E-state index in [1.807, 2.05) is 0 Å². The van der Waals surface area contributed by atoms with Gasteiger partial charge in [0.15, 0.2) is 0 Å². The largest absolute Gasteiger partial charge is 0.476 e. The molecule has 15 heavy (non-hydrogen) atoms. The highest BCUT2D eigenvalue weighted by molar-refractivity contribution is 6.36. The van der Waals surface area contributed by atoms with Crippen LogP contribution in [0.2, 0.25) is 10.0 Å². The van der Waals surface area contributed by atoms with E-state index in [2.05, 4.69) is 16.2 Å². The number of anilines is 1. The number of ether oxygens (including phenoxy) is 1. The Morgan fingerprint density at radius 3 is 2.87 bits per heavy atom. The Labute approximate surface area is 98.7 Å². The topological polar surface area (TPSA) is 34.1 Å². The molecule has 1 aromatic rings. The standard InChI is InChI=1S/C10H10Cl2N2O/c1-3-4-5-15-10-8(12)6-7(11)9(13-2)14-10/h1,6H,4-5H2,2H3,(H,13,14). The molecule has 0 saturated heterocycles. The molecule has 0 atom stereocenters. The van der Waals surface area contributed by atoms with Gasteiger partial charge in [0.25, 0.3) is 0 Å². The van der Waals surface area contributed by atoms with Crippen LogP contribution in [0.1, 0.15) is 6.42 Å². The summed E-state index contributed by atoms with van der Waals surface area (Å²) in [6.45, 7) is 0.383. The van der Waals surface area contributed by atoms with Gasteiger partial charge in [-0.1, -0.05) is 23.2 Å². The summed E-state index contributed by atoms with van der Waals surface area (Å²) >= 11 is 11.8. The minimum absolute atomic E-state index is 0.334. The Kier molecular flexibility index (Phi) is 4.54. The first-order chi connectivity index (χ1) is 7.19. The molecule has 1 N–H and O–H groups in total. The predicted octanol–water partition coefficient (Wildman–Crippen LogP) is 2.83. The molecule has 0 aliphatic carbocycles. The van der Waals surface area contributed by atoms with Crippen LogP contribution in [-0.2, 0) is 0 Å². The van der Waals surface area contributed by atoms with Crippen LogP contribution in [0, 0.1) is 12.3 Å². The Bertz CT molecular complexity index is 388. The normalized spacial score (nSPS) is 9.47. The lowest BCUT2D eigenvalue weighted by Gasteiger charge is -2.08. The molecule has 1 aromatic heterocycles. The van der Waals surface area contributed by atoms with Crippen molar-refractivity contribution < 1.29 is 4.74 Å². The van der Waals surface area contributed by atoms with Crippen molar-refractivity contribution in [1.82, 2.24) is 4.98 Å². The molecular formula is C10H10Cl2N2O. The van der Waals surface area contributed by atoms with Gasteiger partial charge in [0.2, 0.25) is 5.88 Å². The fourth-order valence-corrected chi connectivity index (χ4v) is 1.44. The van der Waals surface area contributed by atoms with Gasteiger partial charge in [-0.2, -0.15) is 4.98 Å². The molecule has 0 amide bonds. The van der Waals surface area contributed by atoms with E-state index in [9.17, 15) is 0 Å². The lowest BCUT2D eigenvalue weighted by molar-refractivity contribution is 0.315. The lowest BCUT2D eigenvalue weighted by Crippen LogP contribution is -2.01. The number of terminal acetylenes is 1. The molecule has 0 radical (unpaired) electrons. The zero-order valence-corrected chi connectivity index (χ0v) is 9.69. The minimum atomic E-state index is 0.334. The molecule has 0 aliphatic heterocycles. The van der Waals surface area contributed by atoms with Gasteiger partial charge in [0.05, 0.1) is 5.02 Å². The number of hydrogen-bond donors (Lipinski definition) is 1. The molecular weight excluding hydrogens is 235 g/mol. The third kappa shape index (κ3) is 3.19. The number of rotatable bonds is 4. The van der Waals surface area contributed by atoms with Crippen molar-refractivity contribution in [2.75, 3.05) is 19.0 Å². The third-order valence-electron chi connectivity index (χ3n) is 1.62. The lowest BCUT2D eigenvalue weighted by atomic mass is 10.4. The van der Waals surface area contributed by atoms with Gasteiger partial charge < -0.3 is 10.1 Å². The Morgan fingerprint density at radius 1 is 1.53 bits per heavy atom. The summed E-state index contributed by atoms with van der Waals surface area (Å²) in [5, 5.41) is 3.65. The second-order valence-electron chi connectivity index (χ2n) is 2.66. The molecule has 0 aromatic carbocycles. The maximum absolute atomic E-state index is 5.89. The first-order valence-electron chi connectivity index (χ1n) is 4.29. The highest BCUT2D eigenvalue weighted by Crippen LogP contribution is 2.30. The summed E-state index contributed by atoms with van der Waals surface area (Å²) in [5.41, 5.74) is 0. The van der Waals surface area contributed by atoms with Crippen LogP contribution in [0.15, 0.2) is 6.07 Å². The average Bonchev–Trinajstić information content (AvgIpc) is 2.21. The van der Waals surface area contributed by atoms with Crippen molar-refractivity contribution in [3.8, 4) is 18.2 Å². The zero-order chi connectivity index (χ0) is 11.3. The van der Waals surface area contributed by atoms with E-state index in [1.165, 1.54) is 0 Å². The van der Waals surface area contributed by atoms with Crippen LogP contribution in [0.4, 0.5) is 5.82 Å². The van der Waals surface area contributed by atoms with Crippen LogP contribution < -0.4 is 10.1 Å². The highest BCUT2D eigenvalue weighted by atomic mass is 35.5. The van der Waals surface area contributed by atoms with E-state index in [1.54, 1.807) is 13.1 Å². The van der Waals surface area contributed by atoms with Crippen molar-refractivity contribution in [2.45, 2.75) is 6.42 Å². The second kappa shape index (κ2) is 5.69. The summed E-state index contributed by atoms with van der Waals surface area (Å²) in [6.07, 6.45) is 5.60. The van der Waals surface area contributed by atoms with Crippen molar-refractivity contribution in [3.05, 3.63) is 16.1 Å². The summed E-state index contributed by atoms with van der Waals surface area (Å²) in [6, 6.07) is 1.58. The maximum Gasteiger partial charge on any atom is 0.234 e. The van der Waals surface area contributed by atoms with Crippen LogP contribution in [0.5, 0.6) is 5.88 Å². The van der Waals surface area contributed by atoms with Gasteiger partial charge in [-0.15, -0.1) is 12.3 Å². The number of halogens is 2. The molecule has 0 bridgehead atoms. The van der Waals surface area contributed by atoms with E-state index in [0.717, 1.165) is 0 Å². The number of nitrogens with one attached hydrogen (secondary N) is 1. The quantitative estimate of drug-likeness (QED) is 0.654. The summed E-state index contributed by atoms with van der Waals surface area (Å²) < 4.78 is 5.29. The number of aromatic nitrogens is 1. The van der Waals surface area contributed by atoms with Gasteiger partial charge >= 0.3 is 0 Å². The molecule has 0 aliphatic rings. The summed E-state index contributed by atoms with van der Waals surface area (Å²) in [5.74, 6) is 3.32. The Hall–Kier alpha value is -1.11. The van der Waals surface area contributed by atoms with Crippen LogP contribution in [0.3, 0.4) is 0 Å². The van der Waals surface area contributed by atoms with Gasteiger partial charge in [-0.05, 0) is 6.07 Å². The number of pyridine rings is 1. The van der Waals surface area contributed by atoms with Crippen LogP contribution >= 0.6 is 23.2 Å². The maximum atomic E-state index is 5.89. The minimum Gasteiger partial charge on any atom is -0.476 e. The fourth-order valence-electron chi connectivity index (χ4n) is 0.933. The van der Waals surface area contributed by atoms with E-state index < -0.39 is 0 Å². The SMILES string of the molecule is C#CCCOc1nc(NC)c(Cl)cc1Cl. The molecule has 0 saturated carbocycles. The average molecular weight is 245 g/mol. The molecule has 1 rings (SSSR count). The number of hydrogen-bond acceptors (Lipinski definition) is 3. The first kappa shape index (κ1) is 12.0. The van der Waals surface area contributed by atoms with Crippen LogP contribution in [0.25, 0.3) is 0 Å². The molecule has 3 nitrogen and oxygen atoms in total. The van der Waals surface area contributed by atoms with Crippen LogP contribution in [-0.4, -0.2) is 18.6 Å². The van der Waals surface area contributed by atoms with E-state index in [0.29, 0.717) is 34.8 Å². The van der Waals surface area contributed by atoms with Crippen molar-refractivity contribution in [3.63, 3.8) is 0 Å².